The van der Waals surface area contributed by atoms with Gasteiger partial charge in [-0.25, -0.2) is 0 Å². The number of carboxylic acid groups (broad SMARTS) is 1. The van der Waals surface area contributed by atoms with E-state index < -0.39 is 23.5 Å². The van der Waals surface area contributed by atoms with E-state index in [4.69, 9.17) is 21.1 Å². The van der Waals surface area contributed by atoms with Crippen LogP contribution in [-0.4, -0.2) is 35.7 Å². The third kappa shape index (κ3) is 8.80. The Morgan fingerprint density at radius 2 is 1.95 bits per heavy atom. The average molecular weight is 542 g/mol. The number of allylic oxidation sites excluding steroid dienone is 1. The molecule has 1 aliphatic heterocycles. The number of carbonyl (C=O) groups is 2. The molecule has 2 aromatic rings. The Bertz CT molecular complexity index is 1120. The number of ether oxygens (including phenoxy) is 2. The molecule has 6 nitrogen and oxygen atoms in total. The maximum absolute atomic E-state index is 13.1. The predicted molar refractivity (Wildman–Crippen MR) is 152 cm³/mol. The van der Waals surface area contributed by atoms with Gasteiger partial charge >= 0.3 is 11.9 Å². The van der Waals surface area contributed by atoms with Crippen molar-refractivity contribution < 1.29 is 24.2 Å². The van der Waals surface area contributed by atoms with Gasteiger partial charge in [-0.15, -0.1) is 6.58 Å². The number of halogens is 1. The SMILES string of the molecule is C=CCCCCN1CCCCc2cc(Cl)ccc2COc2ccc([C@@H](CC(=O)O)C(=O)OC(C)(C)C)cc21. The molecule has 7 heteroatoms. The van der Waals surface area contributed by atoms with E-state index in [1.54, 1.807) is 26.8 Å². The van der Waals surface area contributed by atoms with Gasteiger partial charge in [0, 0.05) is 18.1 Å². The van der Waals surface area contributed by atoms with E-state index in [1.165, 1.54) is 5.56 Å². The van der Waals surface area contributed by atoms with Crippen molar-refractivity contribution in [3.8, 4) is 5.75 Å². The zero-order valence-corrected chi connectivity index (χ0v) is 23.6. The predicted octanol–water partition coefficient (Wildman–Crippen LogP) is 7.32. The molecule has 0 saturated carbocycles. The second-order valence-corrected chi connectivity index (χ2v) is 11.3. The van der Waals surface area contributed by atoms with Gasteiger partial charge in [0.25, 0.3) is 0 Å². The number of benzene rings is 2. The quantitative estimate of drug-likeness (QED) is 0.204. The fourth-order valence-electron chi connectivity index (χ4n) is 4.69. The van der Waals surface area contributed by atoms with Crippen LogP contribution in [0.15, 0.2) is 49.1 Å². The molecule has 1 aliphatic rings. The van der Waals surface area contributed by atoms with Gasteiger partial charge in [-0.2, -0.15) is 0 Å². The number of esters is 1. The molecule has 0 bridgehead atoms. The van der Waals surface area contributed by atoms with Gasteiger partial charge in [-0.1, -0.05) is 29.8 Å². The Balaban J connectivity index is 2.01. The number of carbonyl (C=O) groups excluding carboxylic acids is 1. The summed E-state index contributed by atoms with van der Waals surface area (Å²) in [5.74, 6) is -1.80. The minimum atomic E-state index is -1.05. The minimum absolute atomic E-state index is 0.345. The Morgan fingerprint density at radius 1 is 1.16 bits per heavy atom. The van der Waals surface area contributed by atoms with Gasteiger partial charge in [-0.05, 0) is 100 Å². The number of aryl methyl sites for hydroxylation is 1. The topological polar surface area (TPSA) is 76.1 Å². The van der Waals surface area contributed by atoms with Gasteiger partial charge in [0.1, 0.15) is 18.0 Å². The van der Waals surface area contributed by atoms with E-state index >= 15 is 0 Å². The first-order valence-corrected chi connectivity index (χ1v) is 13.8. The zero-order chi connectivity index (χ0) is 27.7. The third-order valence-electron chi connectivity index (χ3n) is 6.56. The van der Waals surface area contributed by atoms with Crippen LogP contribution in [0.3, 0.4) is 0 Å². The molecule has 38 heavy (non-hydrogen) atoms. The summed E-state index contributed by atoms with van der Waals surface area (Å²) in [5.41, 5.74) is 3.06. The van der Waals surface area contributed by atoms with Crippen LogP contribution in [-0.2, 0) is 27.4 Å². The Kier molecular flexibility index (Phi) is 10.7. The zero-order valence-electron chi connectivity index (χ0n) is 22.8. The average Bonchev–Trinajstić information content (AvgIpc) is 2.87. The molecule has 0 fully saturated rings. The van der Waals surface area contributed by atoms with Crippen LogP contribution in [0.5, 0.6) is 5.75 Å². The van der Waals surface area contributed by atoms with Crippen LogP contribution >= 0.6 is 11.6 Å². The van der Waals surface area contributed by atoms with Crippen molar-refractivity contribution in [2.24, 2.45) is 0 Å². The highest BCUT2D eigenvalue weighted by Gasteiger charge is 2.30. The second kappa shape index (κ2) is 13.7. The Hall–Kier alpha value is -2.99. The fraction of sp³-hybridized carbons (Fsp3) is 0.484. The Morgan fingerprint density at radius 3 is 2.66 bits per heavy atom. The maximum atomic E-state index is 13.1. The summed E-state index contributed by atoms with van der Waals surface area (Å²) in [6.07, 6.45) is 7.45. The summed E-state index contributed by atoms with van der Waals surface area (Å²) in [6.45, 7) is 11.2. The van der Waals surface area contributed by atoms with Crippen LogP contribution in [0.2, 0.25) is 5.02 Å². The van der Waals surface area contributed by atoms with Crippen molar-refractivity contribution in [2.75, 3.05) is 18.0 Å². The standard InChI is InChI=1S/C31H40ClNO5/c1-5-6-7-9-16-33-17-10-8-11-22-18-25(32)14-12-24(22)21-37-28-15-13-23(19-27(28)33)26(20-29(34)35)30(36)38-31(2,3)4/h5,12-15,18-19,26H,1,6-11,16-17,20-21H2,2-4H3,(H,34,35)/t26-/m1/s1. The summed E-state index contributed by atoms with van der Waals surface area (Å²) in [4.78, 5) is 27.1. The van der Waals surface area contributed by atoms with E-state index in [0.717, 1.165) is 67.9 Å². The molecule has 206 valence electrons. The second-order valence-electron chi connectivity index (χ2n) is 10.8. The van der Waals surface area contributed by atoms with Gasteiger partial charge in [0.2, 0.25) is 0 Å². The fourth-order valence-corrected chi connectivity index (χ4v) is 4.89. The number of anilines is 1. The molecule has 0 saturated heterocycles. The number of hydrogen-bond donors (Lipinski definition) is 1. The summed E-state index contributed by atoms with van der Waals surface area (Å²) < 4.78 is 12.0. The summed E-state index contributed by atoms with van der Waals surface area (Å²) in [7, 11) is 0. The van der Waals surface area contributed by atoms with Crippen molar-refractivity contribution in [3.05, 3.63) is 70.8 Å². The first kappa shape index (κ1) is 29.6. The highest BCUT2D eigenvalue weighted by Crippen LogP contribution is 2.36. The number of nitrogens with zero attached hydrogens (tertiary/aromatic N) is 1. The Labute approximate surface area is 231 Å². The lowest BCUT2D eigenvalue weighted by Gasteiger charge is -2.29. The van der Waals surface area contributed by atoms with Crippen molar-refractivity contribution >= 4 is 29.2 Å². The van der Waals surface area contributed by atoms with E-state index in [1.807, 2.05) is 36.4 Å². The molecular formula is C31H40ClNO5. The lowest BCUT2D eigenvalue weighted by molar-refractivity contribution is -0.159. The summed E-state index contributed by atoms with van der Waals surface area (Å²) in [5, 5.41) is 10.3. The van der Waals surface area contributed by atoms with Crippen molar-refractivity contribution in [3.63, 3.8) is 0 Å². The molecule has 0 spiro atoms. The lowest BCUT2D eigenvalue weighted by atomic mass is 9.94. The number of unbranched alkanes of at least 4 members (excludes halogenated alkanes) is 2. The molecule has 1 atom stereocenters. The monoisotopic (exact) mass is 541 g/mol. The summed E-state index contributed by atoms with van der Waals surface area (Å²) in [6, 6.07) is 11.5. The molecule has 2 aromatic carbocycles. The molecule has 0 unspecified atom stereocenters. The molecule has 0 aromatic heterocycles. The lowest BCUT2D eigenvalue weighted by Crippen LogP contribution is -2.29. The van der Waals surface area contributed by atoms with Crippen LogP contribution in [0, 0.1) is 0 Å². The van der Waals surface area contributed by atoms with E-state index in [-0.39, 0.29) is 6.42 Å². The van der Waals surface area contributed by atoms with Gasteiger partial charge in [0.05, 0.1) is 18.0 Å². The molecular weight excluding hydrogens is 502 g/mol. The molecule has 0 amide bonds. The highest BCUT2D eigenvalue weighted by molar-refractivity contribution is 6.30. The molecule has 0 aliphatic carbocycles. The number of carboxylic acids is 1. The number of rotatable bonds is 9. The van der Waals surface area contributed by atoms with Crippen LogP contribution in [0.25, 0.3) is 0 Å². The van der Waals surface area contributed by atoms with Crippen LogP contribution < -0.4 is 9.64 Å². The van der Waals surface area contributed by atoms with Crippen molar-refractivity contribution in [2.45, 2.75) is 83.8 Å². The van der Waals surface area contributed by atoms with Gasteiger partial charge in [-0.3, -0.25) is 9.59 Å². The maximum Gasteiger partial charge on any atom is 0.314 e. The number of aliphatic carboxylic acids is 1. The van der Waals surface area contributed by atoms with Crippen LogP contribution in [0.1, 0.15) is 81.9 Å². The molecule has 3 rings (SSSR count). The number of hydrogen-bond acceptors (Lipinski definition) is 5. The molecule has 1 heterocycles. The van der Waals surface area contributed by atoms with Gasteiger partial charge < -0.3 is 19.5 Å². The van der Waals surface area contributed by atoms with Gasteiger partial charge in [0.15, 0.2) is 0 Å². The summed E-state index contributed by atoms with van der Waals surface area (Å²) >= 11 is 6.28. The first-order valence-electron chi connectivity index (χ1n) is 13.4. The highest BCUT2D eigenvalue weighted by atomic mass is 35.5. The van der Waals surface area contributed by atoms with Crippen molar-refractivity contribution in [1.82, 2.24) is 0 Å². The van der Waals surface area contributed by atoms with Crippen molar-refractivity contribution in [1.29, 1.82) is 0 Å². The minimum Gasteiger partial charge on any atom is -0.487 e. The smallest absolute Gasteiger partial charge is 0.314 e. The van der Waals surface area contributed by atoms with E-state index in [9.17, 15) is 14.7 Å². The van der Waals surface area contributed by atoms with E-state index in [2.05, 4.69) is 11.5 Å². The van der Waals surface area contributed by atoms with E-state index in [0.29, 0.717) is 17.9 Å². The first-order chi connectivity index (χ1) is 18.1. The van der Waals surface area contributed by atoms with Crippen LogP contribution in [0.4, 0.5) is 5.69 Å². The molecule has 0 radical (unpaired) electrons. The normalized spacial score (nSPS) is 14.8. The number of fused-ring (bicyclic) bond motifs is 2. The third-order valence-corrected chi connectivity index (χ3v) is 6.79. The molecule has 1 N–H and O–H groups in total. The largest absolute Gasteiger partial charge is 0.487 e.